The summed E-state index contributed by atoms with van der Waals surface area (Å²) < 4.78 is 0. The van der Waals surface area contributed by atoms with Crippen molar-refractivity contribution in [1.29, 1.82) is 0 Å². The third-order valence-corrected chi connectivity index (χ3v) is 3.28. The Morgan fingerprint density at radius 1 is 1.15 bits per heavy atom. The van der Waals surface area contributed by atoms with Crippen LogP contribution in [0, 0.1) is 0 Å². The van der Waals surface area contributed by atoms with Crippen LogP contribution in [-0.2, 0) is 6.54 Å². The fraction of sp³-hybridized carbons (Fsp3) is 0.176. The predicted octanol–water partition coefficient (Wildman–Crippen LogP) is 4.29. The fourth-order valence-corrected chi connectivity index (χ4v) is 2.27. The summed E-state index contributed by atoms with van der Waals surface area (Å²) in [4.78, 5) is 7.34. The first kappa shape index (κ1) is 14.4. The van der Waals surface area contributed by atoms with Gasteiger partial charge in [0.25, 0.3) is 0 Å². The molecule has 3 heteroatoms. The van der Waals surface area contributed by atoms with E-state index in [0.29, 0.717) is 6.54 Å². The number of allylic oxidation sites excluding steroid dienone is 1. The molecule has 0 aliphatic carbocycles. The molecule has 0 bridgehead atoms. The number of nitrogens with zero attached hydrogens (tertiary/aromatic N) is 2. The summed E-state index contributed by atoms with van der Waals surface area (Å²) in [6.45, 7) is 4.67. The molecule has 0 unspecified atom stereocenters. The minimum absolute atomic E-state index is 0.685. The highest BCUT2D eigenvalue weighted by molar-refractivity contribution is 7.80. The summed E-state index contributed by atoms with van der Waals surface area (Å²) in [6, 6.07) is 16.2. The van der Waals surface area contributed by atoms with Crippen LogP contribution in [-0.4, -0.2) is 14.9 Å². The Balaban J connectivity index is 2.31. The van der Waals surface area contributed by atoms with Gasteiger partial charge in [0.2, 0.25) is 0 Å². The molecule has 0 aliphatic heterocycles. The zero-order valence-electron chi connectivity index (χ0n) is 11.8. The molecule has 0 radical (unpaired) electrons. The Kier molecular flexibility index (Phi) is 5.02. The molecule has 2 nitrogen and oxygen atoms in total. The number of rotatable bonds is 4. The third-order valence-electron chi connectivity index (χ3n) is 3.06. The van der Waals surface area contributed by atoms with Crippen molar-refractivity contribution in [3.05, 3.63) is 72.1 Å². The van der Waals surface area contributed by atoms with Crippen LogP contribution in [0.1, 0.15) is 25.1 Å². The van der Waals surface area contributed by atoms with Gasteiger partial charge in [-0.05, 0) is 31.5 Å². The molecule has 0 amide bonds. The first-order chi connectivity index (χ1) is 9.72. The molecule has 0 N–H and O–H groups in total. The topological polar surface area (TPSA) is 16.1 Å². The lowest BCUT2D eigenvalue weighted by Gasteiger charge is -2.26. The van der Waals surface area contributed by atoms with E-state index in [1.165, 1.54) is 0 Å². The number of aromatic nitrogens is 1. The van der Waals surface area contributed by atoms with Crippen molar-refractivity contribution in [1.82, 2.24) is 9.88 Å². The lowest BCUT2D eigenvalue weighted by molar-refractivity contribution is 0.572. The first-order valence-electron chi connectivity index (χ1n) is 6.62. The molecule has 0 spiro atoms. The molecule has 0 saturated heterocycles. The summed E-state index contributed by atoms with van der Waals surface area (Å²) in [6.07, 6.45) is 3.90. The molecule has 2 rings (SSSR count). The summed E-state index contributed by atoms with van der Waals surface area (Å²) in [5.74, 6) is 0. The van der Waals surface area contributed by atoms with Gasteiger partial charge in [0.1, 0.15) is 0 Å². The number of benzene rings is 1. The second kappa shape index (κ2) is 6.96. The Labute approximate surface area is 125 Å². The summed E-state index contributed by atoms with van der Waals surface area (Å²) in [5.41, 5.74) is 3.28. The molecular weight excluding hydrogens is 264 g/mol. The molecule has 0 aliphatic rings. The van der Waals surface area contributed by atoms with Crippen molar-refractivity contribution in [2.45, 2.75) is 20.4 Å². The molecule has 102 valence electrons. The number of thiocarbonyl (C=S) groups is 1. The Morgan fingerprint density at radius 3 is 2.40 bits per heavy atom. The second-order valence-corrected chi connectivity index (χ2v) is 5.06. The Hall–Kier alpha value is -2.00. The van der Waals surface area contributed by atoms with Crippen LogP contribution in [0.3, 0.4) is 0 Å². The second-order valence-electron chi connectivity index (χ2n) is 4.47. The van der Waals surface area contributed by atoms with Crippen LogP contribution >= 0.6 is 12.2 Å². The first-order valence-corrected chi connectivity index (χ1v) is 7.03. The smallest absolute Gasteiger partial charge is 0.0795 e. The van der Waals surface area contributed by atoms with E-state index in [1.54, 1.807) is 0 Å². The van der Waals surface area contributed by atoms with Crippen LogP contribution in [0.2, 0.25) is 0 Å². The fourth-order valence-electron chi connectivity index (χ4n) is 2.11. The van der Waals surface area contributed by atoms with E-state index in [1.807, 2.05) is 56.4 Å². The van der Waals surface area contributed by atoms with Gasteiger partial charge in [0.15, 0.2) is 0 Å². The predicted molar refractivity (Wildman–Crippen MR) is 88.1 cm³/mol. The maximum absolute atomic E-state index is 5.42. The monoisotopic (exact) mass is 282 g/mol. The average molecular weight is 282 g/mol. The van der Waals surface area contributed by atoms with Crippen molar-refractivity contribution < 1.29 is 0 Å². The maximum Gasteiger partial charge on any atom is 0.0795 e. The molecular formula is C17H18N2S. The van der Waals surface area contributed by atoms with E-state index >= 15 is 0 Å². The molecule has 0 fully saturated rings. The quantitative estimate of drug-likeness (QED) is 0.778. The van der Waals surface area contributed by atoms with Gasteiger partial charge < -0.3 is 4.90 Å². The van der Waals surface area contributed by atoms with Crippen LogP contribution < -0.4 is 0 Å². The van der Waals surface area contributed by atoms with E-state index in [9.17, 15) is 0 Å². The van der Waals surface area contributed by atoms with E-state index < -0.39 is 0 Å². The SMILES string of the molecule is C/C=C(/c1ccccc1)N(Cc1ccccn1)C(C)=S. The minimum Gasteiger partial charge on any atom is -0.330 e. The minimum atomic E-state index is 0.685. The Bertz CT molecular complexity index is 591. The lowest BCUT2D eigenvalue weighted by Crippen LogP contribution is -2.25. The standard InChI is InChI=1S/C17H18N2S/c1-3-17(15-9-5-4-6-10-15)19(14(2)20)13-16-11-7-8-12-18-16/h3-12H,13H2,1-2H3/b17-3-. The molecule has 2 aromatic rings. The molecule has 1 heterocycles. The number of hydrogen-bond acceptors (Lipinski definition) is 2. The normalized spacial score (nSPS) is 11.2. The van der Waals surface area contributed by atoms with Gasteiger partial charge in [-0.3, -0.25) is 4.98 Å². The van der Waals surface area contributed by atoms with Gasteiger partial charge in [0.05, 0.1) is 17.2 Å². The van der Waals surface area contributed by atoms with Gasteiger partial charge in [0, 0.05) is 11.9 Å². The van der Waals surface area contributed by atoms with Gasteiger partial charge >= 0.3 is 0 Å². The van der Waals surface area contributed by atoms with Crippen molar-refractivity contribution in [2.75, 3.05) is 0 Å². The van der Waals surface area contributed by atoms with E-state index in [4.69, 9.17) is 12.2 Å². The number of pyridine rings is 1. The average Bonchev–Trinajstić information content (AvgIpc) is 2.49. The largest absolute Gasteiger partial charge is 0.330 e. The number of hydrogen-bond donors (Lipinski definition) is 0. The highest BCUT2D eigenvalue weighted by atomic mass is 32.1. The van der Waals surface area contributed by atoms with Crippen LogP contribution in [0.5, 0.6) is 0 Å². The van der Waals surface area contributed by atoms with Crippen molar-refractivity contribution >= 4 is 22.9 Å². The highest BCUT2D eigenvalue weighted by Gasteiger charge is 2.13. The molecule has 1 aromatic heterocycles. The van der Waals surface area contributed by atoms with Crippen LogP contribution in [0.15, 0.2) is 60.8 Å². The van der Waals surface area contributed by atoms with Gasteiger partial charge in [-0.25, -0.2) is 0 Å². The van der Waals surface area contributed by atoms with Crippen molar-refractivity contribution in [3.63, 3.8) is 0 Å². The van der Waals surface area contributed by atoms with Crippen LogP contribution in [0.4, 0.5) is 0 Å². The highest BCUT2D eigenvalue weighted by Crippen LogP contribution is 2.21. The summed E-state index contributed by atoms with van der Waals surface area (Å²) in [5, 5.41) is 0. The van der Waals surface area contributed by atoms with E-state index in [0.717, 1.165) is 21.9 Å². The summed E-state index contributed by atoms with van der Waals surface area (Å²) >= 11 is 5.42. The van der Waals surface area contributed by atoms with E-state index in [-0.39, 0.29) is 0 Å². The zero-order chi connectivity index (χ0) is 14.4. The van der Waals surface area contributed by atoms with Crippen LogP contribution in [0.25, 0.3) is 5.70 Å². The van der Waals surface area contributed by atoms with Gasteiger partial charge in [-0.15, -0.1) is 0 Å². The third kappa shape index (κ3) is 3.52. The van der Waals surface area contributed by atoms with Gasteiger partial charge in [-0.1, -0.05) is 54.7 Å². The van der Waals surface area contributed by atoms with E-state index in [2.05, 4.69) is 28.1 Å². The molecule has 0 atom stereocenters. The molecule has 1 aromatic carbocycles. The Morgan fingerprint density at radius 2 is 1.85 bits per heavy atom. The van der Waals surface area contributed by atoms with Gasteiger partial charge in [-0.2, -0.15) is 0 Å². The molecule has 20 heavy (non-hydrogen) atoms. The maximum atomic E-state index is 5.42. The lowest BCUT2D eigenvalue weighted by atomic mass is 10.1. The summed E-state index contributed by atoms with van der Waals surface area (Å²) in [7, 11) is 0. The zero-order valence-corrected chi connectivity index (χ0v) is 12.6. The van der Waals surface area contributed by atoms with Crippen molar-refractivity contribution in [3.8, 4) is 0 Å². The molecule has 0 saturated carbocycles. The van der Waals surface area contributed by atoms with Crippen molar-refractivity contribution in [2.24, 2.45) is 0 Å².